The molecule has 1 aromatic heterocycles. The molecule has 2 N–H and O–H groups in total. The lowest BCUT2D eigenvalue weighted by Gasteiger charge is -2.06. The molecule has 3 rings (SSSR count). The van der Waals surface area contributed by atoms with Gasteiger partial charge in [-0.15, -0.1) is 11.3 Å². The fourth-order valence-electron chi connectivity index (χ4n) is 2.62. The minimum atomic E-state index is -0.105. The van der Waals surface area contributed by atoms with Crippen molar-refractivity contribution < 1.29 is 9.59 Å². The third-order valence-electron chi connectivity index (χ3n) is 3.52. The molecule has 0 atom stereocenters. The van der Waals surface area contributed by atoms with Crippen LogP contribution in [0.4, 0.5) is 11.4 Å². The molecule has 3 aromatic rings. The monoisotopic (exact) mass is 385 g/mol. The van der Waals surface area contributed by atoms with Crippen LogP contribution in [0.2, 0.25) is 0 Å². The van der Waals surface area contributed by atoms with Gasteiger partial charge in [-0.1, -0.05) is 17.8 Å². The molecule has 0 saturated heterocycles. The van der Waals surface area contributed by atoms with Crippen LogP contribution in [0.5, 0.6) is 0 Å². The average molecular weight is 386 g/mol. The quantitative estimate of drug-likeness (QED) is 0.630. The van der Waals surface area contributed by atoms with E-state index in [0.717, 1.165) is 37.1 Å². The largest absolute Gasteiger partial charge is 0.326 e. The lowest BCUT2D eigenvalue weighted by molar-refractivity contribution is -0.114. The summed E-state index contributed by atoms with van der Waals surface area (Å²) in [5.41, 5.74) is 4.67. The van der Waals surface area contributed by atoms with Gasteiger partial charge in [0.1, 0.15) is 0 Å². The van der Waals surface area contributed by atoms with Crippen molar-refractivity contribution in [1.82, 2.24) is 4.98 Å². The number of thiazole rings is 1. The van der Waals surface area contributed by atoms with Gasteiger partial charge >= 0.3 is 0 Å². The Morgan fingerprint density at radius 1 is 1.04 bits per heavy atom. The van der Waals surface area contributed by atoms with E-state index in [9.17, 15) is 9.59 Å². The molecule has 2 aromatic carbocycles. The molecule has 0 saturated carbocycles. The highest BCUT2D eigenvalue weighted by Gasteiger charge is 2.09. The third-order valence-corrected chi connectivity index (χ3v) is 5.68. The second kappa shape index (κ2) is 7.88. The van der Waals surface area contributed by atoms with Gasteiger partial charge in [0.25, 0.3) is 0 Å². The van der Waals surface area contributed by atoms with Crippen molar-refractivity contribution in [3.05, 3.63) is 47.5 Å². The van der Waals surface area contributed by atoms with Crippen LogP contribution in [0.15, 0.2) is 40.7 Å². The number of benzene rings is 2. The number of carbonyl (C=O) groups is 2. The first-order valence-electron chi connectivity index (χ1n) is 8.08. The van der Waals surface area contributed by atoms with E-state index in [1.54, 1.807) is 0 Å². The minimum absolute atomic E-state index is 0.0572. The zero-order valence-electron chi connectivity index (χ0n) is 14.8. The van der Waals surface area contributed by atoms with Crippen LogP contribution in [-0.2, 0) is 9.59 Å². The normalized spacial score (nSPS) is 10.7. The van der Waals surface area contributed by atoms with Crippen LogP contribution < -0.4 is 10.6 Å². The lowest BCUT2D eigenvalue weighted by atomic mass is 10.1. The number of aryl methyl sites for hydroxylation is 2. The fraction of sp³-hybridized carbons (Fsp3) is 0.211. The molecule has 5 nitrogen and oxygen atoms in total. The summed E-state index contributed by atoms with van der Waals surface area (Å²) in [5.74, 6) is 0.135. The number of nitrogens with zero attached hydrogens (tertiary/aromatic N) is 1. The van der Waals surface area contributed by atoms with E-state index in [2.05, 4.69) is 21.7 Å². The number of anilines is 2. The highest BCUT2D eigenvalue weighted by molar-refractivity contribution is 8.01. The van der Waals surface area contributed by atoms with E-state index >= 15 is 0 Å². The first-order chi connectivity index (χ1) is 12.4. The number of amides is 2. The van der Waals surface area contributed by atoms with E-state index < -0.39 is 0 Å². The number of hydrogen-bond acceptors (Lipinski definition) is 5. The minimum Gasteiger partial charge on any atom is -0.326 e. The molecule has 7 heteroatoms. The summed E-state index contributed by atoms with van der Waals surface area (Å²) in [6.45, 7) is 5.49. The molecule has 26 heavy (non-hydrogen) atoms. The van der Waals surface area contributed by atoms with Gasteiger partial charge in [-0.3, -0.25) is 9.59 Å². The summed E-state index contributed by atoms with van der Waals surface area (Å²) in [6.07, 6.45) is 0. The van der Waals surface area contributed by atoms with Crippen molar-refractivity contribution in [1.29, 1.82) is 0 Å². The Hall–Kier alpha value is -2.38. The van der Waals surface area contributed by atoms with Crippen molar-refractivity contribution in [2.75, 3.05) is 16.4 Å². The van der Waals surface area contributed by atoms with Crippen molar-refractivity contribution in [2.24, 2.45) is 0 Å². The Balaban J connectivity index is 1.63. The Kier molecular flexibility index (Phi) is 5.58. The zero-order chi connectivity index (χ0) is 18.7. The summed E-state index contributed by atoms with van der Waals surface area (Å²) in [7, 11) is 0. The number of fused-ring (bicyclic) bond motifs is 1. The molecule has 0 aliphatic heterocycles. The Bertz CT molecular complexity index is 962. The van der Waals surface area contributed by atoms with Gasteiger partial charge in [-0.05, 0) is 55.3 Å². The van der Waals surface area contributed by atoms with E-state index in [1.807, 2.05) is 44.2 Å². The van der Waals surface area contributed by atoms with Crippen LogP contribution in [0.3, 0.4) is 0 Å². The highest BCUT2D eigenvalue weighted by Crippen LogP contribution is 2.31. The zero-order valence-corrected chi connectivity index (χ0v) is 16.4. The molecule has 0 spiro atoms. The fourth-order valence-corrected chi connectivity index (χ4v) is 4.53. The number of carbonyl (C=O) groups excluding carboxylic acids is 2. The maximum absolute atomic E-state index is 12.2. The third kappa shape index (κ3) is 4.83. The average Bonchev–Trinajstić information content (AvgIpc) is 2.93. The number of hydrogen-bond donors (Lipinski definition) is 2. The molecule has 0 aliphatic carbocycles. The van der Waals surface area contributed by atoms with Gasteiger partial charge in [0.2, 0.25) is 11.8 Å². The van der Waals surface area contributed by atoms with Gasteiger partial charge in [0, 0.05) is 18.3 Å². The maximum atomic E-state index is 12.2. The topological polar surface area (TPSA) is 71.1 Å². The van der Waals surface area contributed by atoms with Crippen molar-refractivity contribution in [3.63, 3.8) is 0 Å². The van der Waals surface area contributed by atoms with Crippen molar-refractivity contribution in [3.8, 4) is 0 Å². The summed E-state index contributed by atoms with van der Waals surface area (Å²) in [6, 6.07) is 11.6. The van der Waals surface area contributed by atoms with Crippen LogP contribution >= 0.6 is 23.1 Å². The molecule has 0 fully saturated rings. The van der Waals surface area contributed by atoms with Gasteiger partial charge in [-0.2, -0.15) is 0 Å². The molecule has 0 unspecified atom stereocenters. The van der Waals surface area contributed by atoms with Gasteiger partial charge in [0.05, 0.1) is 16.0 Å². The number of thioether (sulfide) groups is 1. The molecular weight excluding hydrogens is 366 g/mol. The second-order valence-corrected chi connectivity index (χ2v) is 8.31. The van der Waals surface area contributed by atoms with E-state index in [-0.39, 0.29) is 11.8 Å². The van der Waals surface area contributed by atoms with Crippen molar-refractivity contribution >= 4 is 56.5 Å². The maximum Gasteiger partial charge on any atom is 0.234 e. The van der Waals surface area contributed by atoms with Gasteiger partial charge in [0.15, 0.2) is 4.34 Å². The van der Waals surface area contributed by atoms with Crippen LogP contribution in [0, 0.1) is 13.8 Å². The molecule has 0 radical (unpaired) electrons. The first-order valence-corrected chi connectivity index (χ1v) is 9.88. The Labute approximate surface area is 160 Å². The van der Waals surface area contributed by atoms with E-state index in [4.69, 9.17) is 0 Å². The number of aromatic nitrogens is 1. The smallest absolute Gasteiger partial charge is 0.234 e. The molecule has 0 bridgehead atoms. The van der Waals surface area contributed by atoms with Gasteiger partial charge in [-0.25, -0.2) is 4.98 Å². The highest BCUT2D eigenvalue weighted by atomic mass is 32.2. The van der Waals surface area contributed by atoms with Crippen LogP contribution in [0.25, 0.3) is 10.2 Å². The second-order valence-electron chi connectivity index (χ2n) is 6.06. The molecule has 0 aliphatic rings. The summed E-state index contributed by atoms with van der Waals surface area (Å²) < 4.78 is 1.81. The summed E-state index contributed by atoms with van der Waals surface area (Å²) in [4.78, 5) is 27.9. The SMILES string of the molecule is CC(=O)Nc1ccc2nc(SCC(=O)Nc3cc(C)cc(C)c3)sc2c1. The standard InChI is InChI=1S/C19H19N3O2S2/c1-11-6-12(2)8-15(7-11)21-18(24)10-25-19-22-16-5-4-14(20-13(3)23)9-17(16)26-19/h4-9H,10H2,1-3H3,(H,20,23)(H,21,24). The summed E-state index contributed by atoms with van der Waals surface area (Å²) in [5, 5.41) is 5.69. The Morgan fingerprint density at radius 2 is 1.77 bits per heavy atom. The molecule has 1 heterocycles. The predicted molar refractivity (Wildman–Crippen MR) is 109 cm³/mol. The van der Waals surface area contributed by atoms with E-state index in [1.165, 1.54) is 30.0 Å². The van der Waals surface area contributed by atoms with Crippen molar-refractivity contribution in [2.45, 2.75) is 25.1 Å². The predicted octanol–water partition coefficient (Wildman–Crippen LogP) is 4.60. The Morgan fingerprint density at radius 3 is 2.46 bits per heavy atom. The van der Waals surface area contributed by atoms with Crippen LogP contribution in [-0.4, -0.2) is 22.6 Å². The number of rotatable bonds is 5. The van der Waals surface area contributed by atoms with E-state index in [0.29, 0.717) is 5.75 Å². The molecular formula is C19H19N3O2S2. The first kappa shape index (κ1) is 18.4. The van der Waals surface area contributed by atoms with Crippen LogP contribution in [0.1, 0.15) is 18.1 Å². The number of nitrogens with one attached hydrogen (secondary N) is 2. The molecule has 134 valence electrons. The summed E-state index contributed by atoms with van der Waals surface area (Å²) >= 11 is 2.92. The van der Waals surface area contributed by atoms with Gasteiger partial charge < -0.3 is 10.6 Å². The molecule has 2 amide bonds. The lowest BCUT2D eigenvalue weighted by Crippen LogP contribution is -2.14.